The van der Waals surface area contributed by atoms with Crippen LogP contribution in [-0.4, -0.2) is 47.7 Å². The number of benzene rings is 1. The minimum atomic E-state index is -1.02. The van der Waals surface area contributed by atoms with Gasteiger partial charge in [-0.3, -0.25) is 4.79 Å². The van der Waals surface area contributed by atoms with Crippen LogP contribution >= 0.6 is 15.9 Å². The quantitative estimate of drug-likeness (QED) is 0.904. The molecule has 108 valence electrons. The fourth-order valence-electron chi connectivity index (χ4n) is 2.13. The van der Waals surface area contributed by atoms with E-state index in [1.54, 1.807) is 4.90 Å². The first-order valence-electron chi connectivity index (χ1n) is 6.43. The van der Waals surface area contributed by atoms with Gasteiger partial charge >= 0.3 is 5.97 Å². The molecule has 1 aromatic carbocycles. The number of hydrogen-bond acceptors (Lipinski definition) is 3. The molecule has 1 aliphatic heterocycles. The number of morpholine rings is 1. The Hall–Kier alpha value is -1.40. The van der Waals surface area contributed by atoms with E-state index in [9.17, 15) is 9.59 Å². The van der Waals surface area contributed by atoms with Gasteiger partial charge in [-0.25, -0.2) is 4.79 Å². The molecule has 1 amide bonds. The smallest absolute Gasteiger partial charge is 0.334 e. The Morgan fingerprint density at radius 3 is 2.85 bits per heavy atom. The molecule has 1 atom stereocenters. The summed E-state index contributed by atoms with van der Waals surface area (Å²) in [5.41, 5.74) is 1.07. The fourth-order valence-corrected chi connectivity index (χ4v) is 2.61. The number of rotatable bonds is 4. The molecule has 1 heterocycles. The van der Waals surface area contributed by atoms with Crippen LogP contribution in [0, 0.1) is 0 Å². The van der Waals surface area contributed by atoms with Crippen LogP contribution in [0.1, 0.15) is 12.0 Å². The van der Waals surface area contributed by atoms with Crippen molar-refractivity contribution < 1.29 is 19.4 Å². The summed E-state index contributed by atoms with van der Waals surface area (Å²) in [6.07, 6.45) is 0.0979. The number of carboxylic acids is 1. The Bertz CT molecular complexity index is 506. The molecule has 0 aliphatic carbocycles. The molecule has 0 unspecified atom stereocenters. The molecule has 0 aromatic heterocycles. The standard InChI is InChI=1S/C14H16BrNO4/c15-11-4-2-1-3-10(11)5-6-13(17)16-7-8-20-12(9-16)14(18)19/h1-4,12H,5-9H2,(H,18,19)/t12-/m1/s1. The third kappa shape index (κ3) is 3.80. The Morgan fingerprint density at radius 2 is 2.15 bits per heavy atom. The van der Waals surface area contributed by atoms with E-state index < -0.39 is 12.1 Å². The molecular formula is C14H16BrNO4. The first kappa shape index (κ1) is 15.0. The van der Waals surface area contributed by atoms with Crippen LogP contribution in [-0.2, 0) is 20.7 Å². The molecule has 2 rings (SSSR count). The predicted octanol–water partition coefficient (Wildman–Crippen LogP) is 1.69. The van der Waals surface area contributed by atoms with Crippen molar-refractivity contribution >= 4 is 27.8 Å². The lowest BCUT2D eigenvalue weighted by Crippen LogP contribution is -2.48. The van der Waals surface area contributed by atoms with E-state index in [1.807, 2.05) is 24.3 Å². The number of hydrogen-bond donors (Lipinski definition) is 1. The summed E-state index contributed by atoms with van der Waals surface area (Å²) in [7, 11) is 0. The third-order valence-corrected chi connectivity index (χ3v) is 4.03. The molecule has 0 saturated carbocycles. The number of aliphatic carboxylic acids is 1. The van der Waals surface area contributed by atoms with E-state index in [0.29, 0.717) is 19.4 Å². The lowest BCUT2D eigenvalue weighted by atomic mass is 10.1. The van der Waals surface area contributed by atoms with Gasteiger partial charge in [0.05, 0.1) is 13.2 Å². The van der Waals surface area contributed by atoms with Crippen LogP contribution in [0.3, 0.4) is 0 Å². The van der Waals surface area contributed by atoms with Crippen LogP contribution in [0.4, 0.5) is 0 Å². The van der Waals surface area contributed by atoms with Crippen molar-refractivity contribution in [1.29, 1.82) is 0 Å². The van der Waals surface area contributed by atoms with Gasteiger partial charge in [-0.1, -0.05) is 34.1 Å². The first-order chi connectivity index (χ1) is 9.58. The highest BCUT2D eigenvalue weighted by Crippen LogP contribution is 2.18. The summed E-state index contributed by atoms with van der Waals surface area (Å²) in [5, 5.41) is 8.91. The van der Waals surface area contributed by atoms with Gasteiger partial charge in [0.1, 0.15) is 0 Å². The average Bonchev–Trinajstić information content (AvgIpc) is 2.46. The molecule has 0 spiro atoms. The van der Waals surface area contributed by atoms with E-state index in [4.69, 9.17) is 9.84 Å². The topological polar surface area (TPSA) is 66.8 Å². The van der Waals surface area contributed by atoms with E-state index in [0.717, 1.165) is 10.0 Å². The zero-order valence-electron chi connectivity index (χ0n) is 10.9. The lowest BCUT2D eigenvalue weighted by molar-refractivity contribution is -0.159. The average molecular weight is 342 g/mol. The molecule has 5 nitrogen and oxygen atoms in total. The Balaban J connectivity index is 1.89. The zero-order chi connectivity index (χ0) is 14.5. The van der Waals surface area contributed by atoms with Gasteiger partial charge in [0.25, 0.3) is 0 Å². The molecule has 0 bridgehead atoms. The maximum Gasteiger partial charge on any atom is 0.334 e. The molecule has 1 N–H and O–H groups in total. The van der Waals surface area contributed by atoms with Gasteiger partial charge in [-0.05, 0) is 18.1 Å². The van der Waals surface area contributed by atoms with Gasteiger partial charge < -0.3 is 14.7 Å². The summed E-state index contributed by atoms with van der Waals surface area (Å²) in [6.45, 7) is 0.862. The minimum absolute atomic E-state index is 0.0321. The molecule has 0 radical (unpaired) electrons. The number of halogens is 1. The van der Waals surface area contributed by atoms with E-state index >= 15 is 0 Å². The highest BCUT2D eigenvalue weighted by atomic mass is 79.9. The predicted molar refractivity (Wildman–Crippen MR) is 76.4 cm³/mol. The molecule has 1 aliphatic rings. The Morgan fingerprint density at radius 1 is 1.40 bits per heavy atom. The number of nitrogens with zero attached hydrogens (tertiary/aromatic N) is 1. The van der Waals surface area contributed by atoms with Crippen molar-refractivity contribution in [2.75, 3.05) is 19.7 Å². The van der Waals surface area contributed by atoms with Crippen molar-refractivity contribution in [2.24, 2.45) is 0 Å². The monoisotopic (exact) mass is 341 g/mol. The molecule has 1 fully saturated rings. The number of carbonyl (C=O) groups excluding carboxylic acids is 1. The maximum atomic E-state index is 12.1. The van der Waals surface area contributed by atoms with Crippen LogP contribution in [0.2, 0.25) is 0 Å². The van der Waals surface area contributed by atoms with Crippen molar-refractivity contribution in [3.63, 3.8) is 0 Å². The molecular weight excluding hydrogens is 326 g/mol. The molecule has 6 heteroatoms. The first-order valence-corrected chi connectivity index (χ1v) is 7.23. The van der Waals surface area contributed by atoms with Gasteiger partial charge in [-0.2, -0.15) is 0 Å². The van der Waals surface area contributed by atoms with E-state index in [-0.39, 0.29) is 19.1 Å². The number of amides is 1. The Kier molecular flexibility index (Phi) is 5.14. The summed E-state index contributed by atoms with van der Waals surface area (Å²) < 4.78 is 6.09. The largest absolute Gasteiger partial charge is 0.479 e. The zero-order valence-corrected chi connectivity index (χ0v) is 12.5. The van der Waals surface area contributed by atoms with Crippen molar-refractivity contribution in [2.45, 2.75) is 18.9 Å². The number of carbonyl (C=O) groups is 2. The van der Waals surface area contributed by atoms with E-state index in [2.05, 4.69) is 15.9 Å². The lowest BCUT2D eigenvalue weighted by Gasteiger charge is -2.31. The normalized spacial score (nSPS) is 18.9. The van der Waals surface area contributed by atoms with Crippen molar-refractivity contribution in [3.8, 4) is 0 Å². The van der Waals surface area contributed by atoms with Crippen LogP contribution in [0.15, 0.2) is 28.7 Å². The van der Waals surface area contributed by atoms with Crippen LogP contribution < -0.4 is 0 Å². The highest BCUT2D eigenvalue weighted by Gasteiger charge is 2.28. The fraction of sp³-hybridized carbons (Fsp3) is 0.429. The second-order valence-electron chi connectivity index (χ2n) is 4.63. The summed E-state index contributed by atoms with van der Waals surface area (Å²) in [5.74, 6) is -1.05. The van der Waals surface area contributed by atoms with Crippen molar-refractivity contribution in [3.05, 3.63) is 34.3 Å². The minimum Gasteiger partial charge on any atom is -0.479 e. The van der Waals surface area contributed by atoms with Gasteiger partial charge in [-0.15, -0.1) is 0 Å². The highest BCUT2D eigenvalue weighted by molar-refractivity contribution is 9.10. The van der Waals surface area contributed by atoms with Gasteiger partial charge in [0.15, 0.2) is 6.10 Å². The SMILES string of the molecule is O=C(O)[C@H]1CN(C(=O)CCc2ccccc2Br)CCO1. The molecule has 20 heavy (non-hydrogen) atoms. The number of carboxylic acid groups (broad SMARTS) is 1. The van der Waals surface area contributed by atoms with Crippen molar-refractivity contribution in [1.82, 2.24) is 4.90 Å². The Labute approximate surface area is 125 Å². The van der Waals surface area contributed by atoms with Gasteiger partial charge in [0, 0.05) is 17.4 Å². The van der Waals surface area contributed by atoms with Gasteiger partial charge in [0.2, 0.25) is 5.91 Å². The molecule has 1 aromatic rings. The van der Waals surface area contributed by atoms with Crippen LogP contribution in [0.5, 0.6) is 0 Å². The number of ether oxygens (including phenoxy) is 1. The van der Waals surface area contributed by atoms with Crippen LogP contribution in [0.25, 0.3) is 0 Å². The second kappa shape index (κ2) is 6.85. The summed E-state index contributed by atoms with van der Waals surface area (Å²) in [6, 6.07) is 7.76. The summed E-state index contributed by atoms with van der Waals surface area (Å²) >= 11 is 3.45. The summed E-state index contributed by atoms with van der Waals surface area (Å²) in [4.78, 5) is 24.6. The maximum absolute atomic E-state index is 12.1. The number of aryl methyl sites for hydroxylation is 1. The van der Waals surface area contributed by atoms with E-state index in [1.165, 1.54) is 0 Å². The second-order valence-corrected chi connectivity index (χ2v) is 5.48. The molecule has 1 saturated heterocycles. The third-order valence-electron chi connectivity index (χ3n) is 3.26.